The van der Waals surface area contributed by atoms with E-state index in [0.717, 1.165) is 26.3 Å². The van der Waals surface area contributed by atoms with E-state index in [0.29, 0.717) is 11.3 Å². The molecule has 0 unspecified atom stereocenters. The zero-order valence-corrected chi connectivity index (χ0v) is 9.82. The summed E-state index contributed by atoms with van der Waals surface area (Å²) in [5.74, 6) is 0.656. The van der Waals surface area contributed by atoms with Gasteiger partial charge in [-0.3, -0.25) is 0 Å². The van der Waals surface area contributed by atoms with Crippen molar-refractivity contribution in [1.82, 2.24) is 10.3 Å². The summed E-state index contributed by atoms with van der Waals surface area (Å²) in [6.07, 6.45) is 1.84. The zero-order chi connectivity index (χ0) is 11.4. The van der Waals surface area contributed by atoms with Crippen molar-refractivity contribution in [3.05, 3.63) is 23.9 Å². The predicted octanol–water partition coefficient (Wildman–Crippen LogP) is 1.22. The molecule has 1 aliphatic rings. The van der Waals surface area contributed by atoms with Crippen molar-refractivity contribution < 1.29 is 9.47 Å². The van der Waals surface area contributed by atoms with Gasteiger partial charge in [0.15, 0.2) is 0 Å². The van der Waals surface area contributed by atoms with Crippen LogP contribution in [0.2, 0.25) is 0 Å². The summed E-state index contributed by atoms with van der Waals surface area (Å²) < 4.78 is 10.2. The maximum absolute atomic E-state index is 5.20. The second-order valence-electron chi connectivity index (χ2n) is 4.62. The van der Waals surface area contributed by atoms with Gasteiger partial charge in [0.25, 0.3) is 0 Å². The Labute approximate surface area is 96.0 Å². The molecule has 0 radical (unpaired) electrons. The smallest absolute Gasteiger partial charge is 0.212 e. The Bertz CT molecular complexity index is 333. The first-order chi connectivity index (χ1) is 7.72. The third-order valence-corrected chi connectivity index (χ3v) is 2.79. The van der Waals surface area contributed by atoms with Crippen molar-refractivity contribution in [1.29, 1.82) is 0 Å². The number of hydrogen-bond acceptors (Lipinski definition) is 4. The van der Waals surface area contributed by atoms with Gasteiger partial charge in [0.2, 0.25) is 5.88 Å². The molecule has 16 heavy (non-hydrogen) atoms. The SMILES string of the molecule is COc1ccc(CNCC2(C)COC2)cn1. The molecular weight excluding hydrogens is 204 g/mol. The summed E-state index contributed by atoms with van der Waals surface area (Å²) in [5.41, 5.74) is 1.49. The Hall–Kier alpha value is -1.13. The van der Waals surface area contributed by atoms with E-state index in [1.165, 1.54) is 5.56 Å². The number of hydrogen-bond donors (Lipinski definition) is 1. The minimum atomic E-state index is 0.319. The lowest BCUT2D eigenvalue weighted by Crippen LogP contribution is -2.47. The molecule has 0 amide bonds. The van der Waals surface area contributed by atoms with Crippen molar-refractivity contribution in [3.8, 4) is 5.88 Å². The van der Waals surface area contributed by atoms with Crippen LogP contribution in [0, 0.1) is 5.41 Å². The average molecular weight is 222 g/mol. The molecule has 0 spiro atoms. The van der Waals surface area contributed by atoms with Gasteiger partial charge < -0.3 is 14.8 Å². The number of rotatable bonds is 5. The second-order valence-corrected chi connectivity index (χ2v) is 4.62. The van der Waals surface area contributed by atoms with Crippen LogP contribution in [-0.4, -0.2) is 31.9 Å². The summed E-state index contributed by atoms with van der Waals surface area (Å²) in [5, 5.41) is 3.42. The number of nitrogens with zero attached hydrogens (tertiary/aromatic N) is 1. The molecule has 1 aliphatic heterocycles. The maximum Gasteiger partial charge on any atom is 0.212 e. The highest BCUT2D eigenvalue weighted by molar-refractivity contribution is 5.17. The fraction of sp³-hybridized carbons (Fsp3) is 0.583. The van der Waals surface area contributed by atoms with Crippen LogP contribution in [0.1, 0.15) is 12.5 Å². The van der Waals surface area contributed by atoms with Gasteiger partial charge in [-0.1, -0.05) is 13.0 Å². The zero-order valence-electron chi connectivity index (χ0n) is 9.82. The van der Waals surface area contributed by atoms with Crippen molar-refractivity contribution in [2.24, 2.45) is 5.41 Å². The Morgan fingerprint density at radius 3 is 2.81 bits per heavy atom. The number of pyridine rings is 1. The summed E-state index contributed by atoms with van der Waals surface area (Å²) in [7, 11) is 1.62. The van der Waals surface area contributed by atoms with Crippen LogP contribution in [0.25, 0.3) is 0 Å². The highest BCUT2D eigenvalue weighted by atomic mass is 16.5. The normalized spacial score (nSPS) is 17.9. The molecule has 1 aromatic rings. The van der Waals surface area contributed by atoms with Gasteiger partial charge in [0, 0.05) is 30.8 Å². The predicted molar refractivity (Wildman–Crippen MR) is 61.4 cm³/mol. The topological polar surface area (TPSA) is 43.4 Å². The molecule has 4 heteroatoms. The van der Waals surface area contributed by atoms with E-state index in [4.69, 9.17) is 9.47 Å². The monoisotopic (exact) mass is 222 g/mol. The fourth-order valence-electron chi connectivity index (χ4n) is 1.70. The summed E-state index contributed by atoms with van der Waals surface area (Å²) in [6, 6.07) is 3.91. The lowest BCUT2D eigenvalue weighted by atomic mass is 9.89. The summed E-state index contributed by atoms with van der Waals surface area (Å²) in [6.45, 7) is 5.78. The van der Waals surface area contributed by atoms with Crippen LogP contribution in [0.3, 0.4) is 0 Å². The van der Waals surface area contributed by atoms with E-state index < -0.39 is 0 Å². The summed E-state index contributed by atoms with van der Waals surface area (Å²) in [4.78, 5) is 4.16. The molecule has 0 atom stereocenters. The molecule has 1 aromatic heterocycles. The van der Waals surface area contributed by atoms with E-state index >= 15 is 0 Å². The molecule has 1 saturated heterocycles. The van der Waals surface area contributed by atoms with E-state index in [1.54, 1.807) is 7.11 Å². The van der Waals surface area contributed by atoms with Gasteiger partial charge in [-0.05, 0) is 5.56 Å². The van der Waals surface area contributed by atoms with E-state index in [1.807, 2.05) is 18.3 Å². The number of ether oxygens (including phenoxy) is 2. The van der Waals surface area contributed by atoms with Gasteiger partial charge in [-0.2, -0.15) is 0 Å². The minimum absolute atomic E-state index is 0.319. The molecule has 88 valence electrons. The maximum atomic E-state index is 5.20. The molecule has 2 heterocycles. The first-order valence-corrected chi connectivity index (χ1v) is 5.49. The highest BCUT2D eigenvalue weighted by Crippen LogP contribution is 2.25. The lowest BCUT2D eigenvalue weighted by Gasteiger charge is -2.38. The molecule has 1 fully saturated rings. The van der Waals surface area contributed by atoms with Gasteiger partial charge >= 0.3 is 0 Å². The Kier molecular flexibility index (Phi) is 3.41. The van der Waals surface area contributed by atoms with Crippen LogP contribution in [0.5, 0.6) is 5.88 Å². The van der Waals surface area contributed by atoms with Crippen molar-refractivity contribution in [3.63, 3.8) is 0 Å². The first kappa shape index (κ1) is 11.4. The Morgan fingerprint density at radius 1 is 1.50 bits per heavy atom. The van der Waals surface area contributed by atoms with E-state index in [-0.39, 0.29) is 0 Å². The summed E-state index contributed by atoms with van der Waals surface area (Å²) >= 11 is 0. The van der Waals surface area contributed by atoms with Crippen LogP contribution in [-0.2, 0) is 11.3 Å². The van der Waals surface area contributed by atoms with Gasteiger partial charge in [-0.15, -0.1) is 0 Å². The second kappa shape index (κ2) is 4.80. The average Bonchev–Trinajstić information content (AvgIpc) is 2.28. The van der Waals surface area contributed by atoms with E-state index in [9.17, 15) is 0 Å². The van der Waals surface area contributed by atoms with Crippen molar-refractivity contribution in [2.45, 2.75) is 13.5 Å². The molecule has 2 rings (SSSR count). The Morgan fingerprint density at radius 2 is 2.31 bits per heavy atom. The fourth-order valence-corrected chi connectivity index (χ4v) is 1.70. The molecule has 4 nitrogen and oxygen atoms in total. The number of methoxy groups -OCH3 is 1. The third kappa shape index (κ3) is 2.71. The Balaban J connectivity index is 1.76. The molecule has 0 aromatic carbocycles. The molecule has 0 aliphatic carbocycles. The molecule has 0 saturated carbocycles. The standard InChI is InChI=1S/C12H18N2O2/c1-12(8-16-9-12)7-13-5-10-3-4-11(15-2)14-6-10/h3-4,6,13H,5,7-9H2,1-2H3. The van der Waals surface area contributed by atoms with Crippen LogP contribution >= 0.6 is 0 Å². The van der Waals surface area contributed by atoms with Gasteiger partial charge in [-0.25, -0.2) is 4.98 Å². The number of nitrogens with one attached hydrogen (secondary N) is 1. The van der Waals surface area contributed by atoms with Crippen LogP contribution in [0.15, 0.2) is 18.3 Å². The third-order valence-electron chi connectivity index (χ3n) is 2.79. The first-order valence-electron chi connectivity index (χ1n) is 5.49. The molecule has 1 N–H and O–H groups in total. The van der Waals surface area contributed by atoms with Crippen molar-refractivity contribution >= 4 is 0 Å². The molecular formula is C12H18N2O2. The largest absolute Gasteiger partial charge is 0.481 e. The minimum Gasteiger partial charge on any atom is -0.481 e. The van der Waals surface area contributed by atoms with Crippen molar-refractivity contribution in [2.75, 3.05) is 26.9 Å². The van der Waals surface area contributed by atoms with Crippen LogP contribution < -0.4 is 10.1 Å². The van der Waals surface area contributed by atoms with Gasteiger partial charge in [0.1, 0.15) is 0 Å². The van der Waals surface area contributed by atoms with E-state index in [2.05, 4.69) is 17.2 Å². The number of aromatic nitrogens is 1. The molecule has 0 bridgehead atoms. The van der Waals surface area contributed by atoms with Gasteiger partial charge in [0.05, 0.1) is 20.3 Å². The quantitative estimate of drug-likeness (QED) is 0.813. The lowest BCUT2D eigenvalue weighted by molar-refractivity contribution is -0.0991. The highest BCUT2D eigenvalue weighted by Gasteiger charge is 2.32. The van der Waals surface area contributed by atoms with Crippen LogP contribution in [0.4, 0.5) is 0 Å².